The van der Waals surface area contributed by atoms with Gasteiger partial charge in [0.15, 0.2) is 0 Å². The average Bonchev–Trinajstić information content (AvgIpc) is 2.78. The van der Waals surface area contributed by atoms with E-state index in [1.807, 2.05) is 6.07 Å². The third-order valence-electron chi connectivity index (χ3n) is 2.99. The van der Waals surface area contributed by atoms with Crippen LogP contribution in [0.15, 0.2) is 24.3 Å². The van der Waals surface area contributed by atoms with Gasteiger partial charge in [0, 0.05) is 15.2 Å². The van der Waals surface area contributed by atoms with Gasteiger partial charge in [0.25, 0.3) is 5.91 Å². The van der Waals surface area contributed by atoms with E-state index in [0.717, 1.165) is 14.5 Å². The second-order valence-corrected chi connectivity index (χ2v) is 6.74. The van der Waals surface area contributed by atoms with Crippen LogP contribution >= 0.6 is 33.9 Å². The number of halogens is 2. The number of nitrogens with one attached hydrogen (secondary N) is 1. The van der Waals surface area contributed by atoms with Gasteiger partial charge in [-0.05, 0) is 29.5 Å². The summed E-state index contributed by atoms with van der Waals surface area (Å²) < 4.78 is 14.8. The van der Waals surface area contributed by atoms with E-state index in [2.05, 4.69) is 41.8 Å². The van der Waals surface area contributed by atoms with Crippen molar-refractivity contribution in [3.05, 3.63) is 35.0 Å². The molecule has 1 amide bonds. The monoisotopic (exact) mass is 391 g/mol. The van der Waals surface area contributed by atoms with Crippen molar-refractivity contribution in [3.63, 3.8) is 0 Å². The molecule has 0 bridgehead atoms. The van der Waals surface area contributed by atoms with Gasteiger partial charge in [0.1, 0.15) is 5.82 Å². The molecular weight excluding hydrogens is 376 g/mol. The topological polar surface area (TPSA) is 29.1 Å². The van der Waals surface area contributed by atoms with Crippen LogP contribution in [-0.2, 0) is 0 Å². The maximum Gasteiger partial charge on any atom is 0.261 e. The van der Waals surface area contributed by atoms with Crippen LogP contribution in [0.3, 0.4) is 0 Å². The van der Waals surface area contributed by atoms with E-state index in [-0.39, 0.29) is 17.8 Å². The summed E-state index contributed by atoms with van der Waals surface area (Å²) >= 11 is 3.60. The molecule has 0 spiro atoms. The third-order valence-corrected chi connectivity index (χ3v) is 5.04. The largest absolute Gasteiger partial charge is 0.348 e. The highest BCUT2D eigenvalue weighted by atomic mass is 127. The van der Waals surface area contributed by atoms with Crippen LogP contribution in [-0.4, -0.2) is 16.4 Å². The van der Waals surface area contributed by atoms with Crippen LogP contribution in [0.4, 0.5) is 4.39 Å². The molecule has 1 heterocycles. The van der Waals surface area contributed by atoms with E-state index >= 15 is 0 Å². The summed E-state index contributed by atoms with van der Waals surface area (Å²) in [5.74, 6) is 0.0540. The lowest BCUT2D eigenvalue weighted by Crippen LogP contribution is -2.39. The van der Waals surface area contributed by atoms with Crippen molar-refractivity contribution < 1.29 is 9.18 Å². The van der Waals surface area contributed by atoms with Crippen molar-refractivity contribution >= 4 is 49.9 Å². The normalized spacial score (nSPS) is 12.9. The summed E-state index contributed by atoms with van der Waals surface area (Å²) in [6, 6.07) is 6.57. The molecule has 2 rings (SSSR count). The highest BCUT2D eigenvalue weighted by Crippen LogP contribution is 2.26. The van der Waals surface area contributed by atoms with Crippen molar-refractivity contribution in [3.8, 4) is 0 Å². The van der Waals surface area contributed by atoms with Crippen molar-refractivity contribution in [2.75, 3.05) is 4.43 Å². The number of carbonyl (C=O) groups excluding carboxylic acids is 1. The minimum Gasteiger partial charge on any atom is -0.348 e. The van der Waals surface area contributed by atoms with Crippen LogP contribution in [0, 0.1) is 11.7 Å². The molecule has 0 fully saturated rings. The molecule has 2 nitrogen and oxygen atoms in total. The Morgan fingerprint density at radius 3 is 2.79 bits per heavy atom. The average molecular weight is 391 g/mol. The van der Waals surface area contributed by atoms with Crippen LogP contribution in [0.5, 0.6) is 0 Å². The Balaban J connectivity index is 2.21. The van der Waals surface area contributed by atoms with Gasteiger partial charge in [-0.25, -0.2) is 4.39 Å². The number of thiophene rings is 1. The van der Waals surface area contributed by atoms with E-state index in [1.165, 1.54) is 23.5 Å². The number of hydrogen-bond donors (Lipinski definition) is 1. The number of hydrogen-bond acceptors (Lipinski definition) is 2. The standard InChI is InChI=1S/C14H15FINOS/c1-8(2)11(7-16)17-14(18)13-5-9-3-4-10(15)6-12(9)19-13/h3-6,8,11H,7H2,1-2H3,(H,17,18). The minimum absolute atomic E-state index is 0.0722. The smallest absolute Gasteiger partial charge is 0.261 e. The molecule has 1 aromatic heterocycles. The minimum atomic E-state index is -0.270. The first-order valence-electron chi connectivity index (χ1n) is 6.07. The molecule has 1 atom stereocenters. The molecule has 5 heteroatoms. The predicted octanol–water partition coefficient (Wildman–Crippen LogP) is 4.23. The fourth-order valence-electron chi connectivity index (χ4n) is 1.74. The van der Waals surface area contributed by atoms with Crippen molar-refractivity contribution in [1.82, 2.24) is 5.32 Å². The van der Waals surface area contributed by atoms with Gasteiger partial charge in [-0.1, -0.05) is 42.5 Å². The summed E-state index contributed by atoms with van der Waals surface area (Å²) in [7, 11) is 0. The molecular formula is C14H15FINOS. The molecule has 0 aliphatic rings. The van der Waals surface area contributed by atoms with E-state index in [0.29, 0.717) is 10.8 Å². The second-order valence-electron chi connectivity index (χ2n) is 4.77. The number of alkyl halides is 1. The SMILES string of the molecule is CC(C)C(CI)NC(=O)c1cc2ccc(F)cc2s1. The molecule has 1 unspecified atom stereocenters. The lowest BCUT2D eigenvalue weighted by molar-refractivity contribution is 0.0936. The molecule has 0 aliphatic carbocycles. The summed E-state index contributed by atoms with van der Waals surface area (Å²) in [4.78, 5) is 12.8. The van der Waals surface area contributed by atoms with Gasteiger partial charge >= 0.3 is 0 Å². The van der Waals surface area contributed by atoms with E-state index in [1.54, 1.807) is 6.07 Å². The first-order chi connectivity index (χ1) is 9.01. The molecule has 1 aromatic carbocycles. The number of carbonyl (C=O) groups is 1. The summed E-state index contributed by atoms with van der Waals surface area (Å²) in [5, 5.41) is 3.94. The highest BCUT2D eigenvalue weighted by Gasteiger charge is 2.17. The number of fused-ring (bicyclic) bond motifs is 1. The van der Waals surface area contributed by atoms with Crippen LogP contribution in [0.2, 0.25) is 0 Å². The molecule has 0 aliphatic heterocycles. The molecule has 19 heavy (non-hydrogen) atoms. The van der Waals surface area contributed by atoms with Gasteiger partial charge in [0.05, 0.1) is 4.88 Å². The third kappa shape index (κ3) is 3.45. The van der Waals surface area contributed by atoms with Gasteiger partial charge in [-0.15, -0.1) is 11.3 Å². The van der Waals surface area contributed by atoms with Crippen molar-refractivity contribution in [1.29, 1.82) is 0 Å². The fraction of sp³-hybridized carbons (Fsp3) is 0.357. The maximum absolute atomic E-state index is 13.1. The summed E-state index contributed by atoms with van der Waals surface area (Å²) in [6.45, 7) is 4.17. The predicted molar refractivity (Wildman–Crippen MR) is 86.8 cm³/mol. The lowest BCUT2D eigenvalue weighted by atomic mass is 10.1. The zero-order valence-corrected chi connectivity index (χ0v) is 13.7. The molecule has 0 saturated heterocycles. The second kappa shape index (κ2) is 6.17. The van der Waals surface area contributed by atoms with Gasteiger partial charge in [0.2, 0.25) is 0 Å². The molecule has 1 N–H and O–H groups in total. The van der Waals surface area contributed by atoms with E-state index < -0.39 is 0 Å². The van der Waals surface area contributed by atoms with Gasteiger partial charge in [-0.3, -0.25) is 4.79 Å². The van der Waals surface area contributed by atoms with Crippen LogP contribution in [0.25, 0.3) is 10.1 Å². The molecule has 0 saturated carbocycles. The van der Waals surface area contributed by atoms with Gasteiger partial charge < -0.3 is 5.32 Å². The molecule has 2 aromatic rings. The zero-order chi connectivity index (χ0) is 14.0. The van der Waals surface area contributed by atoms with Gasteiger partial charge in [-0.2, -0.15) is 0 Å². The first-order valence-corrected chi connectivity index (χ1v) is 8.41. The lowest BCUT2D eigenvalue weighted by Gasteiger charge is -2.19. The fourth-order valence-corrected chi connectivity index (χ4v) is 3.97. The molecule has 0 radical (unpaired) electrons. The Labute approximate surface area is 129 Å². The highest BCUT2D eigenvalue weighted by molar-refractivity contribution is 14.1. The van der Waals surface area contributed by atoms with Crippen molar-refractivity contribution in [2.45, 2.75) is 19.9 Å². The Bertz CT molecular complexity index is 596. The Kier molecular flexibility index (Phi) is 4.78. The summed E-state index contributed by atoms with van der Waals surface area (Å²) in [5.41, 5.74) is 0. The van der Waals surface area contributed by atoms with Crippen molar-refractivity contribution in [2.24, 2.45) is 5.92 Å². The Hall–Kier alpha value is -0.690. The Morgan fingerprint density at radius 2 is 2.16 bits per heavy atom. The number of rotatable bonds is 4. The summed E-state index contributed by atoms with van der Waals surface area (Å²) in [6.07, 6.45) is 0. The first kappa shape index (κ1) is 14.7. The Morgan fingerprint density at radius 1 is 1.42 bits per heavy atom. The zero-order valence-electron chi connectivity index (χ0n) is 10.7. The van der Waals surface area contributed by atoms with E-state index in [4.69, 9.17) is 0 Å². The molecule has 102 valence electrons. The maximum atomic E-state index is 13.1. The number of amides is 1. The van der Waals surface area contributed by atoms with Crippen LogP contribution in [0.1, 0.15) is 23.5 Å². The quantitative estimate of drug-likeness (QED) is 0.614. The van der Waals surface area contributed by atoms with E-state index in [9.17, 15) is 9.18 Å². The van der Waals surface area contributed by atoms with Crippen LogP contribution < -0.4 is 5.32 Å². The number of benzene rings is 1.